The Hall–Kier alpha value is -0.570. The summed E-state index contributed by atoms with van der Waals surface area (Å²) in [6, 6.07) is 0.349. The highest BCUT2D eigenvalue weighted by Crippen LogP contribution is 2.19. The Kier molecular flexibility index (Phi) is 4.58. The van der Waals surface area contributed by atoms with E-state index in [0.29, 0.717) is 6.04 Å². The van der Waals surface area contributed by atoms with E-state index in [4.69, 9.17) is 0 Å². The predicted molar refractivity (Wildman–Crippen MR) is 62.8 cm³/mol. The van der Waals surface area contributed by atoms with Crippen molar-refractivity contribution in [2.24, 2.45) is 0 Å². The van der Waals surface area contributed by atoms with Gasteiger partial charge in [-0.1, -0.05) is 20.3 Å². The molecule has 3 nitrogen and oxygen atoms in total. The van der Waals surface area contributed by atoms with Gasteiger partial charge in [-0.05, 0) is 39.2 Å². The zero-order valence-corrected chi connectivity index (χ0v) is 10.2. The summed E-state index contributed by atoms with van der Waals surface area (Å²) in [5, 5.41) is 6.44. The Balaban J connectivity index is 2.45. The summed E-state index contributed by atoms with van der Waals surface area (Å²) in [6.07, 6.45) is 5.30. The first-order chi connectivity index (χ1) is 7.12. The maximum Gasteiger partial charge on any atom is 0.240 e. The lowest BCUT2D eigenvalue weighted by atomic mass is 9.98. The van der Waals surface area contributed by atoms with Crippen molar-refractivity contribution in [2.45, 2.75) is 64.5 Å². The van der Waals surface area contributed by atoms with Crippen LogP contribution < -0.4 is 10.6 Å². The van der Waals surface area contributed by atoms with E-state index in [1.807, 2.05) is 6.92 Å². The quantitative estimate of drug-likeness (QED) is 0.730. The van der Waals surface area contributed by atoms with Crippen molar-refractivity contribution in [1.82, 2.24) is 10.6 Å². The molecule has 0 aliphatic carbocycles. The first-order valence-corrected chi connectivity index (χ1v) is 6.18. The smallest absolute Gasteiger partial charge is 0.240 e. The normalized spacial score (nSPS) is 27.7. The summed E-state index contributed by atoms with van der Waals surface area (Å²) in [5.41, 5.74) is -0.318. The fourth-order valence-electron chi connectivity index (χ4n) is 2.16. The van der Waals surface area contributed by atoms with E-state index in [9.17, 15) is 4.79 Å². The van der Waals surface area contributed by atoms with Gasteiger partial charge in [-0.3, -0.25) is 4.79 Å². The third-order valence-electron chi connectivity index (χ3n) is 3.34. The first-order valence-electron chi connectivity index (χ1n) is 6.18. The molecule has 0 saturated carbocycles. The van der Waals surface area contributed by atoms with Crippen LogP contribution in [0.1, 0.15) is 52.9 Å². The highest BCUT2D eigenvalue weighted by atomic mass is 16.2. The van der Waals surface area contributed by atoms with Gasteiger partial charge in [-0.25, -0.2) is 0 Å². The molecule has 1 aliphatic rings. The summed E-state index contributed by atoms with van der Waals surface area (Å²) >= 11 is 0. The molecule has 0 aromatic carbocycles. The number of hydrogen-bond acceptors (Lipinski definition) is 2. The van der Waals surface area contributed by atoms with Crippen molar-refractivity contribution in [1.29, 1.82) is 0 Å². The number of rotatable bonds is 5. The SMILES string of the molecule is CCCC(CC)NC(=O)C1(C)CCCN1. The van der Waals surface area contributed by atoms with Crippen molar-refractivity contribution in [3.05, 3.63) is 0 Å². The van der Waals surface area contributed by atoms with Crippen LogP contribution in [0.5, 0.6) is 0 Å². The largest absolute Gasteiger partial charge is 0.352 e. The molecule has 0 bridgehead atoms. The third-order valence-corrected chi connectivity index (χ3v) is 3.34. The summed E-state index contributed by atoms with van der Waals surface area (Å²) in [5.74, 6) is 0.181. The summed E-state index contributed by atoms with van der Waals surface area (Å²) < 4.78 is 0. The molecule has 0 aromatic rings. The van der Waals surface area contributed by atoms with Crippen LogP contribution in [-0.2, 0) is 4.79 Å². The Morgan fingerprint density at radius 1 is 1.53 bits per heavy atom. The molecular formula is C12H24N2O. The minimum Gasteiger partial charge on any atom is -0.352 e. The molecule has 2 N–H and O–H groups in total. The highest BCUT2D eigenvalue weighted by molar-refractivity contribution is 5.86. The molecule has 1 amide bonds. The number of amides is 1. The third kappa shape index (κ3) is 3.20. The van der Waals surface area contributed by atoms with Crippen LogP contribution in [0.2, 0.25) is 0 Å². The Bertz CT molecular complexity index is 210. The number of nitrogens with one attached hydrogen (secondary N) is 2. The van der Waals surface area contributed by atoms with E-state index in [1.165, 1.54) is 0 Å². The van der Waals surface area contributed by atoms with Crippen molar-refractivity contribution in [3.8, 4) is 0 Å². The molecule has 1 aliphatic heterocycles. The fourth-order valence-corrected chi connectivity index (χ4v) is 2.16. The number of carbonyl (C=O) groups excluding carboxylic acids is 1. The van der Waals surface area contributed by atoms with Gasteiger partial charge in [0.05, 0.1) is 5.54 Å². The van der Waals surface area contributed by atoms with Crippen LogP contribution in [0.15, 0.2) is 0 Å². The molecule has 2 atom stereocenters. The molecule has 1 fully saturated rings. The molecular weight excluding hydrogens is 188 g/mol. The molecule has 0 aromatic heterocycles. The maximum atomic E-state index is 12.0. The highest BCUT2D eigenvalue weighted by Gasteiger charge is 2.36. The van der Waals surface area contributed by atoms with E-state index >= 15 is 0 Å². The standard InChI is InChI=1S/C12H24N2O/c1-4-7-10(5-2)14-11(15)12(3)8-6-9-13-12/h10,13H,4-9H2,1-3H3,(H,14,15). The van der Waals surface area contributed by atoms with Crippen LogP contribution in [0.3, 0.4) is 0 Å². The molecule has 15 heavy (non-hydrogen) atoms. The molecule has 3 heteroatoms. The van der Waals surface area contributed by atoms with Crippen molar-refractivity contribution >= 4 is 5.91 Å². The average molecular weight is 212 g/mol. The van der Waals surface area contributed by atoms with Crippen LogP contribution in [0.25, 0.3) is 0 Å². The van der Waals surface area contributed by atoms with Gasteiger partial charge < -0.3 is 10.6 Å². The Morgan fingerprint density at radius 2 is 2.27 bits per heavy atom. The fraction of sp³-hybridized carbons (Fsp3) is 0.917. The van der Waals surface area contributed by atoms with Crippen molar-refractivity contribution < 1.29 is 4.79 Å². The Labute approximate surface area is 93.0 Å². The summed E-state index contributed by atoms with van der Waals surface area (Å²) in [4.78, 5) is 12.0. The van der Waals surface area contributed by atoms with Gasteiger partial charge in [-0.2, -0.15) is 0 Å². The van der Waals surface area contributed by atoms with Gasteiger partial charge in [0.25, 0.3) is 0 Å². The number of hydrogen-bond donors (Lipinski definition) is 2. The second-order valence-electron chi connectivity index (χ2n) is 4.73. The van der Waals surface area contributed by atoms with E-state index in [-0.39, 0.29) is 11.4 Å². The van der Waals surface area contributed by atoms with Crippen molar-refractivity contribution in [2.75, 3.05) is 6.54 Å². The minimum absolute atomic E-state index is 0.181. The summed E-state index contributed by atoms with van der Waals surface area (Å²) in [6.45, 7) is 7.26. The van der Waals surface area contributed by atoms with Crippen LogP contribution in [0.4, 0.5) is 0 Å². The zero-order chi connectivity index (χ0) is 11.3. The topological polar surface area (TPSA) is 41.1 Å². The Morgan fingerprint density at radius 3 is 2.73 bits per heavy atom. The number of carbonyl (C=O) groups is 1. The van der Waals surface area contributed by atoms with E-state index in [0.717, 1.165) is 38.6 Å². The van der Waals surface area contributed by atoms with Gasteiger partial charge in [0.15, 0.2) is 0 Å². The molecule has 0 radical (unpaired) electrons. The second-order valence-corrected chi connectivity index (χ2v) is 4.73. The van der Waals surface area contributed by atoms with Crippen LogP contribution in [-0.4, -0.2) is 24.0 Å². The first kappa shape index (κ1) is 12.5. The summed E-state index contributed by atoms with van der Waals surface area (Å²) in [7, 11) is 0. The predicted octanol–water partition coefficient (Wildman–Crippen LogP) is 1.82. The van der Waals surface area contributed by atoms with Gasteiger partial charge >= 0.3 is 0 Å². The van der Waals surface area contributed by atoms with E-state index in [2.05, 4.69) is 24.5 Å². The average Bonchev–Trinajstić information content (AvgIpc) is 2.65. The van der Waals surface area contributed by atoms with E-state index < -0.39 is 0 Å². The molecule has 0 spiro atoms. The molecule has 2 unspecified atom stereocenters. The molecule has 1 heterocycles. The minimum atomic E-state index is -0.318. The molecule has 1 saturated heterocycles. The maximum absolute atomic E-state index is 12.0. The van der Waals surface area contributed by atoms with Gasteiger partial charge in [0, 0.05) is 6.04 Å². The lowest BCUT2D eigenvalue weighted by Gasteiger charge is -2.26. The van der Waals surface area contributed by atoms with Crippen LogP contribution in [0, 0.1) is 0 Å². The molecule has 88 valence electrons. The second kappa shape index (κ2) is 5.50. The van der Waals surface area contributed by atoms with Gasteiger partial charge in [-0.15, -0.1) is 0 Å². The lowest BCUT2D eigenvalue weighted by molar-refractivity contribution is -0.127. The van der Waals surface area contributed by atoms with Crippen molar-refractivity contribution in [3.63, 3.8) is 0 Å². The monoisotopic (exact) mass is 212 g/mol. The lowest BCUT2D eigenvalue weighted by Crippen LogP contribution is -2.53. The van der Waals surface area contributed by atoms with Gasteiger partial charge in [0.1, 0.15) is 0 Å². The zero-order valence-electron chi connectivity index (χ0n) is 10.2. The van der Waals surface area contributed by atoms with Gasteiger partial charge in [0.2, 0.25) is 5.91 Å². The molecule has 1 rings (SSSR count). The van der Waals surface area contributed by atoms with Crippen LogP contribution >= 0.6 is 0 Å². The van der Waals surface area contributed by atoms with E-state index in [1.54, 1.807) is 0 Å².